The highest BCUT2D eigenvalue weighted by molar-refractivity contribution is 5.51. The topological polar surface area (TPSA) is 15.3 Å². The molecule has 2 heteroatoms. The first-order valence-corrected chi connectivity index (χ1v) is 6.04. The van der Waals surface area contributed by atoms with E-state index in [0.717, 1.165) is 13.0 Å². The van der Waals surface area contributed by atoms with Crippen molar-refractivity contribution in [2.24, 2.45) is 0 Å². The standard InChI is InChI=1S/C14H24N2/c1-6-13(10-15-4)16(5)14-8-11(2)7-12(3)9-14/h7-9,13,15H,6,10H2,1-5H3. The van der Waals surface area contributed by atoms with Gasteiger partial charge in [-0.25, -0.2) is 0 Å². The first-order chi connectivity index (χ1) is 7.58. The molecule has 1 aromatic carbocycles. The van der Waals surface area contributed by atoms with Gasteiger partial charge >= 0.3 is 0 Å². The number of benzene rings is 1. The predicted molar refractivity (Wildman–Crippen MR) is 72.3 cm³/mol. The Morgan fingerprint density at radius 3 is 2.19 bits per heavy atom. The third-order valence-corrected chi connectivity index (χ3v) is 3.07. The van der Waals surface area contributed by atoms with Gasteiger partial charge in [0, 0.05) is 25.3 Å². The van der Waals surface area contributed by atoms with E-state index < -0.39 is 0 Å². The quantitative estimate of drug-likeness (QED) is 0.821. The molecular formula is C14H24N2. The summed E-state index contributed by atoms with van der Waals surface area (Å²) in [6, 6.07) is 7.29. The molecule has 0 saturated carbocycles. The van der Waals surface area contributed by atoms with Crippen LogP contribution >= 0.6 is 0 Å². The van der Waals surface area contributed by atoms with Crippen LogP contribution in [-0.4, -0.2) is 26.7 Å². The van der Waals surface area contributed by atoms with Crippen LogP contribution in [0.3, 0.4) is 0 Å². The highest BCUT2D eigenvalue weighted by atomic mass is 15.1. The fourth-order valence-electron chi connectivity index (χ4n) is 2.16. The lowest BCUT2D eigenvalue weighted by atomic mass is 10.1. The molecule has 0 radical (unpaired) electrons. The molecule has 90 valence electrons. The molecule has 0 aliphatic carbocycles. The minimum atomic E-state index is 0.561. The summed E-state index contributed by atoms with van der Waals surface area (Å²) in [5.41, 5.74) is 3.99. The van der Waals surface area contributed by atoms with Crippen molar-refractivity contribution in [2.45, 2.75) is 33.2 Å². The summed E-state index contributed by atoms with van der Waals surface area (Å²) in [5, 5.41) is 3.26. The van der Waals surface area contributed by atoms with Crippen molar-refractivity contribution in [3.63, 3.8) is 0 Å². The van der Waals surface area contributed by atoms with E-state index in [2.05, 4.69) is 56.2 Å². The zero-order valence-electron chi connectivity index (χ0n) is 11.2. The minimum absolute atomic E-state index is 0.561. The molecule has 0 bridgehead atoms. The third-order valence-electron chi connectivity index (χ3n) is 3.07. The van der Waals surface area contributed by atoms with E-state index in [9.17, 15) is 0 Å². The number of hydrogen-bond donors (Lipinski definition) is 1. The minimum Gasteiger partial charge on any atom is -0.370 e. The first kappa shape index (κ1) is 13.0. The predicted octanol–water partition coefficient (Wildman–Crippen LogP) is 2.74. The molecule has 2 nitrogen and oxygen atoms in total. The van der Waals surface area contributed by atoms with Crippen LogP contribution in [0.5, 0.6) is 0 Å². The van der Waals surface area contributed by atoms with Crippen molar-refractivity contribution in [1.82, 2.24) is 5.32 Å². The largest absolute Gasteiger partial charge is 0.370 e. The summed E-state index contributed by atoms with van der Waals surface area (Å²) in [6.07, 6.45) is 1.16. The van der Waals surface area contributed by atoms with Gasteiger partial charge in [0.2, 0.25) is 0 Å². The second-order valence-electron chi connectivity index (χ2n) is 4.58. The molecule has 1 aromatic rings. The molecule has 1 N–H and O–H groups in total. The molecule has 0 aliphatic rings. The van der Waals surface area contributed by atoms with Crippen molar-refractivity contribution < 1.29 is 0 Å². The molecule has 0 spiro atoms. The Hall–Kier alpha value is -1.02. The number of aryl methyl sites for hydroxylation is 2. The van der Waals surface area contributed by atoms with E-state index in [1.807, 2.05) is 7.05 Å². The molecule has 0 fully saturated rings. The third kappa shape index (κ3) is 3.24. The smallest absolute Gasteiger partial charge is 0.0408 e. The maximum atomic E-state index is 3.26. The first-order valence-electron chi connectivity index (χ1n) is 6.04. The normalized spacial score (nSPS) is 12.6. The fraction of sp³-hybridized carbons (Fsp3) is 0.571. The van der Waals surface area contributed by atoms with E-state index in [1.54, 1.807) is 0 Å². The molecule has 0 aromatic heterocycles. The maximum Gasteiger partial charge on any atom is 0.0408 e. The van der Waals surface area contributed by atoms with Crippen LogP contribution in [-0.2, 0) is 0 Å². The Morgan fingerprint density at radius 2 is 1.75 bits per heavy atom. The zero-order valence-corrected chi connectivity index (χ0v) is 11.2. The SMILES string of the molecule is CCC(CNC)N(C)c1cc(C)cc(C)c1. The van der Waals surface area contributed by atoms with Crippen LogP contribution in [0.25, 0.3) is 0 Å². The van der Waals surface area contributed by atoms with E-state index in [4.69, 9.17) is 0 Å². The van der Waals surface area contributed by atoms with Gasteiger partial charge < -0.3 is 10.2 Å². The van der Waals surface area contributed by atoms with Crippen LogP contribution < -0.4 is 10.2 Å². The van der Waals surface area contributed by atoms with Crippen molar-refractivity contribution in [2.75, 3.05) is 25.5 Å². The van der Waals surface area contributed by atoms with Gasteiger partial charge in [0.15, 0.2) is 0 Å². The second kappa shape index (κ2) is 5.90. The van der Waals surface area contributed by atoms with Gasteiger partial charge in [-0.3, -0.25) is 0 Å². The van der Waals surface area contributed by atoms with Gasteiger partial charge in [-0.2, -0.15) is 0 Å². The van der Waals surface area contributed by atoms with Crippen LogP contribution in [0.2, 0.25) is 0 Å². The van der Waals surface area contributed by atoms with Crippen molar-refractivity contribution >= 4 is 5.69 Å². The monoisotopic (exact) mass is 220 g/mol. The van der Waals surface area contributed by atoms with E-state index in [1.165, 1.54) is 16.8 Å². The van der Waals surface area contributed by atoms with Crippen molar-refractivity contribution in [1.29, 1.82) is 0 Å². The summed E-state index contributed by atoms with van der Waals surface area (Å²) in [6.45, 7) is 7.58. The maximum absolute atomic E-state index is 3.26. The van der Waals surface area contributed by atoms with Crippen LogP contribution in [0, 0.1) is 13.8 Å². The zero-order chi connectivity index (χ0) is 12.1. The number of anilines is 1. The Kier molecular flexibility index (Phi) is 4.81. The van der Waals surface area contributed by atoms with Crippen molar-refractivity contribution in [3.05, 3.63) is 29.3 Å². The molecule has 1 atom stereocenters. The van der Waals surface area contributed by atoms with Gasteiger partial charge in [-0.1, -0.05) is 13.0 Å². The lowest BCUT2D eigenvalue weighted by molar-refractivity contribution is 0.572. The number of nitrogens with one attached hydrogen (secondary N) is 1. The summed E-state index contributed by atoms with van der Waals surface area (Å²) >= 11 is 0. The molecule has 1 rings (SSSR count). The van der Waals surface area contributed by atoms with Gasteiger partial charge in [0.05, 0.1) is 0 Å². The van der Waals surface area contributed by atoms with E-state index in [-0.39, 0.29) is 0 Å². The Labute approximate surface area is 99.7 Å². The second-order valence-corrected chi connectivity index (χ2v) is 4.58. The summed E-state index contributed by atoms with van der Waals surface area (Å²) in [7, 11) is 4.19. The molecule has 0 saturated heterocycles. The Balaban J connectivity index is 2.89. The number of rotatable bonds is 5. The molecule has 0 aliphatic heterocycles. The summed E-state index contributed by atoms with van der Waals surface area (Å²) in [4.78, 5) is 2.37. The van der Waals surface area contributed by atoms with Gasteiger partial charge in [0.1, 0.15) is 0 Å². The van der Waals surface area contributed by atoms with Crippen LogP contribution in [0.1, 0.15) is 24.5 Å². The lowest BCUT2D eigenvalue weighted by Gasteiger charge is -2.29. The highest BCUT2D eigenvalue weighted by Gasteiger charge is 2.12. The number of nitrogens with zero attached hydrogens (tertiary/aromatic N) is 1. The van der Waals surface area contributed by atoms with Gasteiger partial charge in [-0.15, -0.1) is 0 Å². The highest BCUT2D eigenvalue weighted by Crippen LogP contribution is 2.20. The number of hydrogen-bond acceptors (Lipinski definition) is 2. The molecule has 0 amide bonds. The average molecular weight is 220 g/mol. The van der Waals surface area contributed by atoms with Crippen molar-refractivity contribution in [3.8, 4) is 0 Å². The summed E-state index contributed by atoms with van der Waals surface area (Å²) < 4.78 is 0. The van der Waals surface area contributed by atoms with E-state index in [0.29, 0.717) is 6.04 Å². The molecule has 16 heavy (non-hydrogen) atoms. The van der Waals surface area contributed by atoms with E-state index >= 15 is 0 Å². The van der Waals surface area contributed by atoms with Gasteiger partial charge in [0.25, 0.3) is 0 Å². The Bertz CT molecular complexity index is 313. The van der Waals surface area contributed by atoms with Gasteiger partial charge in [-0.05, 0) is 50.6 Å². The summed E-state index contributed by atoms with van der Waals surface area (Å²) in [5.74, 6) is 0. The molecule has 1 unspecified atom stereocenters. The molecule has 0 heterocycles. The average Bonchev–Trinajstić information content (AvgIpc) is 2.23. The number of likely N-dealkylation sites (N-methyl/N-ethyl adjacent to an activating group) is 2. The molecular weight excluding hydrogens is 196 g/mol. The van der Waals surface area contributed by atoms with Crippen LogP contribution in [0.4, 0.5) is 5.69 Å². The Morgan fingerprint density at radius 1 is 1.19 bits per heavy atom. The fourth-order valence-corrected chi connectivity index (χ4v) is 2.16. The van der Waals surface area contributed by atoms with Crippen LogP contribution in [0.15, 0.2) is 18.2 Å². The lowest BCUT2D eigenvalue weighted by Crippen LogP contribution is -2.38.